The molecule has 0 unspecified atom stereocenters. The van der Waals surface area contributed by atoms with Crippen LogP contribution in [-0.4, -0.2) is 40.9 Å². The molecule has 0 atom stereocenters. The summed E-state index contributed by atoms with van der Waals surface area (Å²) < 4.78 is 17.7. The smallest absolute Gasteiger partial charge is 0.276 e. The van der Waals surface area contributed by atoms with E-state index in [1.807, 2.05) is 0 Å². The van der Waals surface area contributed by atoms with Crippen molar-refractivity contribution < 1.29 is 14.2 Å². The van der Waals surface area contributed by atoms with Gasteiger partial charge in [0.2, 0.25) is 11.5 Å². The van der Waals surface area contributed by atoms with Gasteiger partial charge in [-0.1, -0.05) is 6.08 Å². The van der Waals surface area contributed by atoms with Crippen molar-refractivity contribution in [2.24, 2.45) is 0 Å². The van der Waals surface area contributed by atoms with Gasteiger partial charge in [-0.25, -0.2) is 4.98 Å². The third-order valence-electron chi connectivity index (χ3n) is 4.58. The molecule has 2 aromatic heterocycles. The van der Waals surface area contributed by atoms with Crippen LogP contribution in [0.1, 0.15) is 24.1 Å². The zero-order valence-corrected chi connectivity index (χ0v) is 15.4. The number of aryl methyl sites for hydroxylation is 1. The molecule has 140 valence electrons. The minimum absolute atomic E-state index is 0.258. The second kappa shape index (κ2) is 6.79. The molecule has 1 N–H and O–H groups in total. The molecule has 3 aromatic rings. The Morgan fingerprint density at radius 2 is 1.89 bits per heavy atom. The molecule has 1 aliphatic rings. The highest BCUT2D eigenvalue weighted by Crippen LogP contribution is 2.38. The van der Waals surface area contributed by atoms with Crippen LogP contribution in [0.25, 0.3) is 17.9 Å². The number of hydrogen-bond acceptors (Lipinski definition) is 6. The van der Waals surface area contributed by atoms with E-state index in [-0.39, 0.29) is 5.56 Å². The summed E-state index contributed by atoms with van der Waals surface area (Å²) in [4.78, 5) is 19.8. The topological polar surface area (TPSA) is 90.7 Å². The third-order valence-corrected chi connectivity index (χ3v) is 4.58. The molecular weight excluding hydrogens is 348 g/mol. The van der Waals surface area contributed by atoms with Crippen molar-refractivity contribution in [1.29, 1.82) is 0 Å². The average Bonchev–Trinajstić information content (AvgIpc) is 2.99. The van der Waals surface area contributed by atoms with E-state index in [2.05, 4.69) is 21.1 Å². The molecule has 0 bridgehead atoms. The molecule has 4 rings (SSSR count). The van der Waals surface area contributed by atoms with Gasteiger partial charge in [0.15, 0.2) is 11.5 Å². The maximum absolute atomic E-state index is 12.5. The lowest BCUT2D eigenvalue weighted by Gasteiger charge is -2.12. The summed E-state index contributed by atoms with van der Waals surface area (Å²) in [5.74, 6) is 1.95. The van der Waals surface area contributed by atoms with Crippen molar-refractivity contribution in [2.75, 3.05) is 21.3 Å². The summed E-state index contributed by atoms with van der Waals surface area (Å²) in [6, 6.07) is 3.56. The minimum atomic E-state index is -0.258. The number of aromatic nitrogens is 4. The molecule has 0 fully saturated rings. The summed E-state index contributed by atoms with van der Waals surface area (Å²) in [6.45, 7) is 0. The van der Waals surface area contributed by atoms with Gasteiger partial charge in [-0.3, -0.25) is 9.78 Å². The molecule has 8 heteroatoms. The van der Waals surface area contributed by atoms with Crippen molar-refractivity contribution in [3.8, 4) is 17.2 Å². The van der Waals surface area contributed by atoms with Crippen LogP contribution in [-0.2, 0) is 6.42 Å². The average molecular weight is 368 g/mol. The van der Waals surface area contributed by atoms with Crippen LogP contribution in [0.4, 0.5) is 0 Å². The van der Waals surface area contributed by atoms with Gasteiger partial charge in [0.05, 0.1) is 32.4 Å². The molecule has 27 heavy (non-hydrogen) atoms. The van der Waals surface area contributed by atoms with Gasteiger partial charge in [0.25, 0.3) is 5.56 Å². The molecule has 0 radical (unpaired) electrons. The SMILES string of the molecule is COc1cc(/C=c2/c(=O)[nH]c3nc4c(nn23)CCCC=4)cc(OC)c1OC. The van der Waals surface area contributed by atoms with Crippen LogP contribution < -0.4 is 30.5 Å². The Morgan fingerprint density at radius 1 is 1.15 bits per heavy atom. The molecule has 0 amide bonds. The van der Waals surface area contributed by atoms with Crippen molar-refractivity contribution >= 4 is 17.9 Å². The molecule has 0 saturated carbocycles. The van der Waals surface area contributed by atoms with Gasteiger partial charge in [-0.2, -0.15) is 9.61 Å². The Labute approximate surface area is 154 Å². The number of nitrogens with zero attached hydrogens (tertiary/aromatic N) is 3. The van der Waals surface area contributed by atoms with E-state index in [0.717, 1.165) is 35.9 Å². The maximum Gasteiger partial charge on any atom is 0.276 e. The quantitative estimate of drug-likeness (QED) is 0.716. The first-order valence-electron chi connectivity index (χ1n) is 8.64. The fraction of sp³-hybridized carbons (Fsp3) is 0.316. The second-order valence-electron chi connectivity index (χ2n) is 6.22. The van der Waals surface area contributed by atoms with Crippen LogP contribution in [0.5, 0.6) is 17.2 Å². The Kier molecular flexibility index (Phi) is 4.31. The number of fused-ring (bicyclic) bond motifs is 2. The van der Waals surface area contributed by atoms with E-state index >= 15 is 0 Å². The van der Waals surface area contributed by atoms with E-state index in [9.17, 15) is 4.79 Å². The molecule has 0 saturated heterocycles. The number of rotatable bonds is 4. The summed E-state index contributed by atoms with van der Waals surface area (Å²) in [5, 5.41) is 5.86. The van der Waals surface area contributed by atoms with Crippen molar-refractivity contribution in [2.45, 2.75) is 19.3 Å². The van der Waals surface area contributed by atoms with Crippen LogP contribution in [0.15, 0.2) is 16.9 Å². The minimum Gasteiger partial charge on any atom is -0.493 e. The number of aromatic amines is 1. The van der Waals surface area contributed by atoms with Gasteiger partial charge >= 0.3 is 0 Å². The molecule has 1 aromatic carbocycles. The molecule has 8 nitrogen and oxygen atoms in total. The standard InChI is InChI=1S/C19H20N4O4/c1-25-15-9-11(10-16(26-2)17(15)27-3)8-14-18(24)21-19-20-12-6-4-5-7-13(12)22-23(14)19/h6,8-10H,4-5,7H2,1-3H3,(H,20,21,24)/b14-8-. The number of H-pyrrole nitrogens is 1. The number of methoxy groups -OCH3 is 3. The Morgan fingerprint density at radius 3 is 2.56 bits per heavy atom. The number of imidazole rings is 1. The van der Waals surface area contributed by atoms with E-state index < -0.39 is 0 Å². The molecule has 0 aliphatic heterocycles. The maximum atomic E-state index is 12.5. The van der Waals surface area contributed by atoms with Crippen LogP contribution in [0.2, 0.25) is 0 Å². The highest BCUT2D eigenvalue weighted by Gasteiger charge is 2.14. The van der Waals surface area contributed by atoms with E-state index in [0.29, 0.717) is 28.4 Å². The zero-order chi connectivity index (χ0) is 19.0. The first kappa shape index (κ1) is 17.1. The second-order valence-corrected chi connectivity index (χ2v) is 6.22. The monoisotopic (exact) mass is 368 g/mol. The highest BCUT2D eigenvalue weighted by atomic mass is 16.5. The lowest BCUT2D eigenvalue weighted by molar-refractivity contribution is 0.324. The number of benzene rings is 1. The normalized spacial score (nSPS) is 14.0. The van der Waals surface area contributed by atoms with E-state index in [1.54, 1.807) is 44.1 Å². The summed E-state index contributed by atoms with van der Waals surface area (Å²) in [7, 11) is 4.65. The third kappa shape index (κ3) is 2.92. The largest absolute Gasteiger partial charge is 0.493 e. The molecule has 0 spiro atoms. The Hall–Kier alpha value is -3.29. The number of hydrogen-bond donors (Lipinski definition) is 1. The molecule has 2 heterocycles. The van der Waals surface area contributed by atoms with Crippen molar-refractivity contribution in [3.63, 3.8) is 0 Å². The molecular formula is C19H20N4O4. The Bertz CT molecular complexity index is 1170. The van der Waals surface area contributed by atoms with E-state index in [4.69, 9.17) is 14.2 Å². The first-order chi connectivity index (χ1) is 13.1. The lowest BCUT2D eigenvalue weighted by atomic mass is 10.1. The number of ether oxygens (including phenoxy) is 3. The van der Waals surface area contributed by atoms with Gasteiger partial charge < -0.3 is 14.2 Å². The predicted octanol–water partition coefficient (Wildman–Crippen LogP) is 0.389. The summed E-state index contributed by atoms with van der Waals surface area (Å²) >= 11 is 0. The number of nitrogens with one attached hydrogen (secondary N) is 1. The van der Waals surface area contributed by atoms with E-state index in [1.165, 1.54) is 0 Å². The van der Waals surface area contributed by atoms with Crippen LogP contribution >= 0.6 is 0 Å². The summed E-state index contributed by atoms with van der Waals surface area (Å²) in [5.41, 5.74) is 1.37. The van der Waals surface area contributed by atoms with Crippen LogP contribution in [0, 0.1) is 0 Å². The van der Waals surface area contributed by atoms with Gasteiger partial charge in [-0.15, -0.1) is 0 Å². The van der Waals surface area contributed by atoms with Gasteiger partial charge in [0, 0.05) is 0 Å². The fourth-order valence-electron chi connectivity index (χ4n) is 3.27. The van der Waals surface area contributed by atoms with Gasteiger partial charge in [-0.05, 0) is 43.0 Å². The van der Waals surface area contributed by atoms with Crippen molar-refractivity contribution in [1.82, 2.24) is 19.6 Å². The zero-order valence-electron chi connectivity index (χ0n) is 15.4. The molecule has 1 aliphatic carbocycles. The Balaban J connectivity index is 1.96. The first-order valence-corrected chi connectivity index (χ1v) is 8.64. The summed E-state index contributed by atoms with van der Waals surface area (Å²) in [6.07, 6.45) is 6.65. The fourth-order valence-corrected chi connectivity index (χ4v) is 3.27. The lowest BCUT2D eigenvalue weighted by Crippen LogP contribution is -2.30. The predicted molar refractivity (Wildman–Crippen MR) is 99.9 cm³/mol. The van der Waals surface area contributed by atoms with Crippen molar-refractivity contribution in [3.05, 3.63) is 44.4 Å². The van der Waals surface area contributed by atoms with Gasteiger partial charge in [0.1, 0.15) is 5.35 Å². The highest BCUT2D eigenvalue weighted by molar-refractivity contribution is 5.62. The van der Waals surface area contributed by atoms with Crippen LogP contribution in [0.3, 0.4) is 0 Å².